The summed E-state index contributed by atoms with van der Waals surface area (Å²) in [6, 6.07) is 9.06. The molecule has 0 spiro atoms. The Bertz CT molecular complexity index is 1220. The minimum Gasteiger partial charge on any atom is -0.339 e. The molecule has 0 radical (unpaired) electrons. The van der Waals surface area contributed by atoms with E-state index in [4.69, 9.17) is 5.26 Å². The van der Waals surface area contributed by atoms with E-state index in [0.29, 0.717) is 34.4 Å². The van der Waals surface area contributed by atoms with E-state index in [0.717, 1.165) is 28.8 Å². The fourth-order valence-electron chi connectivity index (χ4n) is 3.52. The molecule has 146 valence electrons. The quantitative estimate of drug-likeness (QED) is 0.675. The molecule has 1 saturated heterocycles. The fourth-order valence-corrected chi connectivity index (χ4v) is 4.55. The number of benzene rings is 1. The van der Waals surface area contributed by atoms with Gasteiger partial charge in [0.1, 0.15) is 10.7 Å². The van der Waals surface area contributed by atoms with Crippen molar-refractivity contribution in [1.82, 2.24) is 14.9 Å². The number of hydrogen-bond acceptors (Lipinski definition) is 5. The second kappa shape index (κ2) is 7.64. The number of H-pyrrole nitrogens is 1. The van der Waals surface area contributed by atoms with Crippen LogP contribution in [0.3, 0.4) is 0 Å². The number of likely N-dealkylation sites (tertiary alicyclic amines) is 1. The van der Waals surface area contributed by atoms with Crippen molar-refractivity contribution in [3.63, 3.8) is 0 Å². The van der Waals surface area contributed by atoms with Crippen molar-refractivity contribution in [2.75, 3.05) is 13.1 Å². The molecule has 6 nitrogen and oxygen atoms in total. The molecule has 0 bridgehead atoms. The van der Waals surface area contributed by atoms with Gasteiger partial charge < -0.3 is 9.88 Å². The Hall–Kier alpha value is -3.24. The summed E-state index contributed by atoms with van der Waals surface area (Å²) in [6.45, 7) is 5.28. The Morgan fingerprint density at radius 1 is 1.24 bits per heavy atom. The molecule has 2 aromatic heterocycles. The average Bonchev–Trinajstić information content (AvgIpc) is 3.35. The van der Waals surface area contributed by atoms with Gasteiger partial charge in [-0.15, -0.1) is 11.3 Å². The third-order valence-electron chi connectivity index (χ3n) is 5.27. The summed E-state index contributed by atoms with van der Waals surface area (Å²) in [6.07, 6.45) is 3.68. The molecule has 1 N–H and O–H groups in total. The highest BCUT2D eigenvalue weighted by Crippen LogP contribution is 2.28. The van der Waals surface area contributed by atoms with Crippen molar-refractivity contribution in [1.29, 1.82) is 5.26 Å². The molecule has 1 aliphatic rings. The largest absolute Gasteiger partial charge is 0.339 e. The summed E-state index contributed by atoms with van der Waals surface area (Å²) in [5.41, 5.74) is 2.37. The molecular formula is C22H20N4O2S. The van der Waals surface area contributed by atoms with Gasteiger partial charge in [0, 0.05) is 18.0 Å². The van der Waals surface area contributed by atoms with Gasteiger partial charge in [-0.1, -0.05) is 12.1 Å². The highest BCUT2D eigenvalue weighted by atomic mass is 32.1. The fraction of sp³-hybridized carbons (Fsp3) is 0.273. The molecule has 3 heterocycles. The molecule has 0 aliphatic carbocycles. The number of rotatable bonds is 3. The maximum Gasteiger partial charge on any atom is 0.260 e. The van der Waals surface area contributed by atoms with Crippen molar-refractivity contribution in [2.24, 2.45) is 0 Å². The Morgan fingerprint density at radius 3 is 2.59 bits per heavy atom. The minimum absolute atomic E-state index is 0.139. The SMILES string of the molecule is Cc1sc2nc(/C(=C\c3ccc(C#N)cc3)C(=O)N3CCCC3)[nH]c(=O)c2c1C. The van der Waals surface area contributed by atoms with Crippen LogP contribution in [0.2, 0.25) is 0 Å². The van der Waals surface area contributed by atoms with Crippen LogP contribution < -0.4 is 5.56 Å². The van der Waals surface area contributed by atoms with Crippen LogP contribution in [0, 0.1) is 25.2 Å². The molecule has 0 unspecified atom stereocenters. The molecule has 0 atom stereocenters. The van der Waals surface area contributed by atoms with E-state index in [-0.39, 0.29) is 17.3 Å². The van der Waals surface area contributed by atoms with Crippen LogP contribution in [0.25, 0.3) is 21.9 Å². The number of nitrogens with one attached hydrogen (secondary N) is 1. The third-order valence-corrected chi connectivity index (χ3v) is 6.37. The Kier molecular flexibility index (Phi) is 5.03. The van der Waals surface area contributed by atoms with Crippen LogP contribution in [0.1, 0.15) is 40.2 Å². The zero-order chi connectivity index (χ0) is 20.5. The van der Waals surface area contributed by atoms with Crippen LogP contribution in [0.4, 0.5) is 0 Å². The lowest BCUT2D eigenvalue weighted by atomic mass is 10.1. The number of aryl methyl sites for hydroxylation is 2. The number of fused-ring (bicyclic) bond motifs is 1. The molecule has 29 heavy (non-hydrogen) atoms. The van der Waals surface area contributed by atoms with E-state index >= 15 is 0 Å². The summed E-state index contributed by atoms with van der Waals surface area (Å²) in [5, 5.41) is 9.59. The molecule has 4 rings (SSSR count). The lowest BCUT2D eigenvalue weighted by Gasteiger charge is -2.17. The Balaban J connectivity index is 1.86. The maximum atomic E-state index is 13.2. The standard InChI is InChI=1S/C22H20N4O2S/c1-13-14(2)29-21-18(13)20(27)24-19(25-21)17(22(28)26-9-3-4-10-26)11-15-5-7-16(12-23)8-6-15/h5-8,11H,3-4,9-10H2,1-2H3,(H,24,25,27)/b17-11+. The first-order valence-electron chi connectivity index (χ1n) is 9.49. The van der Waals surface area contributed by atoms with E-state index in [2.05, 4.69) is 16.0 Å². The first kappa shape index (κ1) is 19.1. The van der Waals surface area contributed by atoms with E-state index in [1.807, 2.05) is 13.8 Å². The van der Waals surface area contributed by atoms with Crippen molar-refractivity contribution in [2.45, 2.75) is 26.7 Å². The molecular weight excluding hydrogens is 384 g/mol. The number of nitrogens with zero attached hydrogens (tertiary/aromatic N) is 3. The first-order chi connectivity index (χ1) is 14.0. The summed E-state index contributed by atoms with van der Waals surface area (Å²) in [5.74, 6) is 0.143. The molecule has 1 amide bonds. The van der Waals surface area contributed by atoms with Crippen LogP contribution in [0.5, 0.6) is 0 Å². The summed E-state index contributed by atoms with van der Waals surface area (Å²) < 4.78 is 0. The smallest absolute Gasteiger partial charge is 0.260 e. The monoisotopic (exact) mass is 404 g/mol. The van der Waals surface area contributed by atoms with Crippen LogP contribution >= 0.6 is 11.3 Å². The molecule has 1 aromatic carbocycles. The predicted molar refractivity (Wildman–Crippen MR) is 115 cm³/mol. The van der Waals surface area contributed by atoms with E-state index in [9.17, 15) is 9.59 Å². The van der Waals surface area contributed by atoms with Gasteiger partial charge in [-0.05, 0) is 56.0 Å². The minimum atomic E-state index is -0.230. The molecule has 1 aliphatic heterocycles. The molecule has 3 aromatic rings. The zero-order valence-corrected chi connectivity index (χ0v) is 17.1. The van der Waals surface area contributed by atoms with Gasteiger partial charge in [0.05, 0.1) is 22.6 Å². The van der Waals surface area contributed by atoms with Gasteiger partial charge in [0.25, 0.3) is 11.5 Å². The third kappa shape index (κ3) is 3.59. The summed E-state index contributed by atoms with van der Waals surface area (Å²) >= 11 is 1.46. The Morgan fingerprint density at radius 2 is 1.93 bits per heavy atom. The number of carbonyl (C=O) groups is 1. The average molecular weight is 404 g/mol. The number of aromatic nitrogens is 2. The van der Waals surface area contributed by atoms with Crippen LogP contribution in [-0.4, -0.2) is 33.9 Å². The highest BCUT2D eigenvalue weighted by Gasteiger charge is 2.25. The lowest BCUT2D eigenvalue weighted by Crippen LogP contribution is -2.29. The van der Waals surface area contributed by atoms with Gasteiger partial charge in [-0.3, -0.25) is 9.59 Å². The second-order valence-electron chi connectivity index (χ2n) is 7.17. The normalized spacial score (nSPS) is 14.4. The van der Waals surface area contributed by atoms with Gasteiger partial charge >= 0.3 is 0 Å². The second-order valence-corrected chi connectivity index (χ2v) is 8.37. The predicted octanol–water partition coefficient (Wildman–Crippen LogP) is 3.64. The molecule has 0 saturated carbocycles. The van der Waals surface area contributed by atoms with E-state index in [1.165, 1.54) is 11.3 Å². The Labute approximate surface area is 172 Å². The summed E-state index contributed by atoms with van der Waals surface area (Å²) in [7, 11) is 0. The number of hydrogen-bond donors (Lipinski definition) is 1. The topological polar surface area (TPSA) is 89.8 Å². The van der Waals surface area contributed by atoms with Gasteiger partial charge in [0.2, 0.25) is 0 Å². The maximum absolute atomic E-state index is 13.2. The van der Waals surface area contributed by atoms with Crippen LogP contribution in [-0.2, 0) is 4.79 Å². The number of carbonyl (C=O) groups excluding carboxylic acids is 1. The highest BCUT2D eigenvalue weighted by molar-refractivity contribution is 7.18. The lowest BCUT2D eigenvalue weighted by molar-refractivity contribution is -0.123. The number of nitriles is 1. The van der Waals surface area contributed by atoms with E-state index in [1.54, 1.807) is 35.2 Å². The van der Waals surface area contributed by atoms with Crippen molar-refractivity contribution >= 4 is 39.1 Å². The van der Waals surface area contributed by atoms with Gasteiger partial charge in [0.15, 0.2) is 0 Å². The van der Waals surface area contributed by atoms with Gasteiger partial charge in [-0.2, -0.15) is 5.26 Å². The zero-order valence-electron chi connectivity index (χ0n) is 16.3. The van der Waals surface area contributed by atoms with Crippen molar-refractivity contribution in [3.8, 4) is 6.07 Å². The molecule has 7 heteroatoms. The summed E-state index contributed by atoms with van der Waals surface area (Å²) in [4.78, 5) is 36.9. The van der Waals surface area contributed by atoms with E-state index < -0.39 is 0 Å². The number of thiophene rings is 1. The van der Waals surface area contributed by atoms with Crippen molar-refractivity contribution < 1.29 is 4.79 Å². The van der Waals surface area contributed by atoms with Crippen LogP contribution in [0.15, 0.2) is 29.1 Å². The first-order valence-corrected chi connectivity index (χ1v) is 10.3. The van der Waals surface area contributed by atoms with Gasteiger partial charge in [-0.25, -0.2) is 4.98 Å². The van der Waals surface area contributed by atoms with Crippen molar-refractivity contribution in [3.05, 3.63) is 62.0 Å². The molecule has 1 fully saturated rings. The number of amides is 1. The number of aromatic amines is 1.